The number of allylic oxidation sites excluding steroid dienone is 2. The third kappa shape index (κ3) is 1.91. The summed E-state index contributed by atoms with van der Waals surface area (Å²) >= 11 is 0. The fraction of sp³-hybridized carbons (Fsp3) is 0.167. The van der Waals surface area contributed by atoms with Gasteiger partial charge in [-0.2, -0.15) is 0 Å². The summed E-state index contributed by atoms with van der Waals surface area (Å²) in [4.78, 5) is 12.7. The van der Waals surface area contributed by atoms with E-state index >= 15 is 0 Å². The first-order chi connectivity index (χ1) is 9.34. The average molecular weight is 248 g/mol. The maximum atomic E-state index is 12.7. The molecule has 0 heterocycles. The lowest BCUT2D eigenvalue weighted by Crippen LogP contribution is -2.38. The molecule has 0 saturated carbocycles. The highest BCUT2D eigenvalue weighted by molar-refractivity contribution is 5.95. The highest BCUT2D eigenvalue weighted by atomic mass is 16.1. The normalized spacial score (nSPS) is 17.4. The number of rotatable bonds is 2. The minimum absolute atomic E-state index is 0.285. The molecular weight excluding hydrogens is 232 g/mol. The summed E-state index contributed by atoms with van der Waals surface area (Å²) in [6.45, 7) is 0. The first-order valence-corrected chi connectivity index (χ1v) is 6.63. The molecule has 3 rings (SSSR count). The number of Topliss-reactive ketones (excluding diaryl/α,β-unsaturated/α-hetero) is 1. The van der Waals surface area contributed by atoms with E-state index in [1.54, 1.807) is 0 Å². The van der Waals surface area contributed by atoms with Gasteiger partial charge in [0.05, 0.1) is 5.41 Å². The fourth-order valence-electron chi connectivity index (χ4n) is 2.91. The van der Waals surface area contributed by atoms with E-state index in [1.165, 1.54) is 0 Å². The number of hydrogen-bond acceptors (Lipinski definition) is 1. The van der Waals surface area contributed by atoms with Gasteiger partial charge in [-0.15, -0.1) is 0 Å². The second kappa shape index (κ2) is 4.85. The first-order valence-electron chi connectivity index (χ1n) is 6.63. The van der Waals surface area contributed by atoms with E-state index in [-0.39, 0.29) is 5.78 Å². The Bertz CT molecular complexity index is 557. The third-order valence-electron chi connectivity index (χ3n) is 3.90. The van der Waals surface area contributed by atoms with Crippen molar-refractivity contribution in [2.24, 2.45) is 0 Å². The van der Waals surface area contributed by atoms with Gasteiger partial charge in [0.25, 0.3) is 0 Å². The number of ketones is 1. The minimum atomic E-state index is -0.503. The van der Waals surface area contributed by atoms with Crippen molar-refractivity contribution in [3.05, 3.63) is 83.9 Å². The Kier molecular flexibility index (Phi) is 3.04. The van der Waals surface area contributed by atoms with Gasteiger partial charge in [0, 0.05) is 6.42 Å². The molecule has 0 atom stereocenters. The molecule has 0 amide bonds. The molecule has 19 heavy (non-hydrogen) atoms. The van der Waals surface area contributed by atoms with Crippen LogP contribution in [-0.4, -0.2) is 5.78 Å². The van der Waals surface area contributed by atoms with Crippen LogP contribution >= 0.6 is 0 Å². The zero-order valence-corrected chi connectivity index (χ0v) is 10.8. The molecule has 0 aliphatic heterocycles. The molecular formula is C18H16O. The topological polar surface area (TPSA) is 17.1 Å². The summed E-state index contributed by atoms with van der Waals surface area (Å²) in [5.41, 5.74) is 1.68. The number of hydrogen-bond donors (Lipinski definition) is 0. The second-order valence-corrected chi connectivity index (χ2v) is 4.94. The van der Waals surface area contributed by atoms with Crippen molar-refractivity contribution in [1.82, 2.24) is 0 Å². The van der Waals surface area contributed by atoms with Gasteiger partial charge in [0.15, 0.2) is 5.78 Å². The Morgan fingerprint density at radius 1 is 0.737 bits per heavy atom. The SMILES string of the molecule is O=C1CC=CCC1(c1ccccc1)c1ccccc1. The highest BCUT2D eigenvalue weighted by Gasteiger charge is 2.41. The van der Waals surface area contributed by atoms with Gasteiger partial charge in [0.2, 0.25) is 0 Å². The van der Waals surface area contributed by atoms with Crippen LogP contribution in [-0.2, 0) is 10.2 Å². The summed E-state index contributed by atoms with van der Waals surface area (Å²) in [7, 11) is 0. The van der Waals surface area contributed by atoms with Crippen LogP contribution in [0, 0.1) is 0 Å². The number of carbonyl (C=O) groups excluding carboxylic acids is 1. The molecule has 1 aliphatic carbocycles. The molecule has 2 aromatic rings. The van der Waals surface area contributed by atoms with E-state index < -0.39 is 5.41 Å². The van der Waals surface area contributed by atoms with Crippen LogP contribution in [0.25, 0.3) is 0 Å². The van der Waals surface area contributed by atoms with E-state index in [2.05, 4.69) is 30.3 Å². The Balaban J connectivity index is 2.22. The van der Waals surface area contributed by atoms with Crippen LogP contribution in [0.2, 0.25) is 0 Å². The molecule has 94 valence electrons. The Morgan fingerprint density at radius 3 is 1.74 bits per heavy atom. The van der Waals surface area contributed by atoms with E-state index in [9.17, 15) is 4.79 Å². The maximum absolute atomic E-state index is 12.7. The lowest BCUT2D eigenvalue weighted by Gasteiger charge is -2.34. The van der Waals surface area contributed by atoms with Gasteiger partial charge in [-0.1, -0.05) is 72.8 Å². The quantitative estimate of drug-likeness (QED) is 0.737. The third-order valence-corrected chi connectivity index (χ3v) is 3.90. The van der Waals surface area contributed by atoms with Crippen LogP contribution < -0.4 is 0 Å². The zero-order valence-electron chi connectivity index (χ0n) is 10.8. The molecule has 0 aromatic heterocycles. The standard InChI is InChI=1S/C18H16O/c19-17-13-7-8-14-18(17,15-9-3-1-4-10-15)16-11-5-2-6-12-16/h1-12H,13-14H2. The largest absolute Gasteiger partial charge is 0.298 e. The smallest absolute Gasteiger partial charge is 0.151 e. The van der Waals surface area contributed by atoms with Crippen LogP contribution in [0.1, 0.15) is 24.0 Å². The lowest BCUT2D eigenvalue weighted by atomic mass is 9.66. The second-order valence-electron chi connectivity index (χ2n) is 4.94. The first kappa shape index (κ1) is 11.9. The molecule has 0 spiro atoms. The monoisotopic (exact) mass is 248 g/mol. The zero-order chi connectivity index (χ0) is 13.1. The van der Waals surface area contributed by atoms with Crippen molar-refractivity contribution in [2.45, 2.75) is 18.3 Å². The Labute approximate surface area is 113 Å². The van der Waals surface area contributed by atoms with Gasteiger partial charge < -0.3 is 0 Å². The summed E-state index contributed by atoms with van der Waals surface area (Å²) in [6, 6.07) is 20.2. The van der Waals surface area contributed by atoms with Crippen molar-refractivity contribution in [3.63, 3.8) is 0 Å². The van der Waals surface area contributed by atoms with E-state index in [0.29, 0.717) is 6.42 Å². The Hall–Kier alpha value is -2.15. The van der Waals surface area contributed by atoms with Gasteiger partial charge in [-0.25, -0.2) is 0 Å². The Morgan fingerprint density at radius 2 is 1.26 bits per heavy atom. The number of carbonyl (C=O) groups is 1. The van der Waals surface area contributed by atoms with Gasteiger partial charge in [-0.05, 0) is 17.5 Å². The maximum Gasteiger partial charge on any atom is 0.151 e. The van der Waals surface area contributed by atoms with E-state index in [1.807, 2.05) is 42.5 Å². The summed E-state index contributed by atoms with van der Waals surface area (Å²) in [6.07, 6.45) is 5.37. The highest BCUT2D eigenvalue weighted by Crippen LogP contribution is 2.40. The molecule has 0 radical (unpaired) electrons. The predicted molar refractivity (Wildman–Crippen MR) is 77.0 cm³/mol. The van der Waals surface area contributed by atoms with Crippen molar-refractivity contribution >= 4 is 5.78 Å². The molecule has 2 aromatic carbocycles. The fourth-order valence-corrected chi connectivity index (χ4v) is 2.91. The van der Waals surface area contributed by atoms with Crippen molar-refractivity contribution in [1.29, 1.82) is 0 Å². The van der Waals surface area contributed by atoms with E-state index in [0.717, 1.165) is 17.5 Å². The molecule has 1 heteroatoms. The molecule has 1 aliphatic rings. The van der Waals surface area contributed by atoms with Gasteiger partial charge in [-0.3, -0.25) is 4.79 Å². The van der Waals surface area contributed by atoms with Crippen LogP contribution in [0.3, 0.4) is 0 Å². The summed E-state index contributed by atoms with van der Waals surface area (Å²) in [5, 5.41) is 0. The van der Waals surface area contributed by atoms with Crippen molar-refractivity contribution in [2.75, 3.05) is 0 Å². The van der Waals surface area contributed by atoms with Gasteiger partial charge in [0.1, 0.15) is 0 Å². The van der Waals surface area contributed by atoms with Crippen LogP contribution in [0.5, 0.6) is 0 Å². The molecule has 0 unspecified atom stereocenters. The molecule has 0 saturated heterocycles. The van der Waals surface area contributed by atoms with Crippen LogP contribution in [0.15, 0.2) is 72.8 Å². The summed E-state index contributed by atoms with van der Waals surface area (Å²) < 4.78 is 0. The van der Waals surface area contributed by atoms with Gasteiger partial charge >= 0.3 is 0 Å². The predicted octanol–water partition coefficient (Wildman–Crippen LogP) is 3.89. The van der Waals surface area contributed by atoms with Crippen molar-refractivity contribution in [3.8, 4) is 0 Å². The van der Waals surface area contributed by atoms with Crippen LogP contribution in [0.4, 0.5) is 0 Å². The van der Waals surface area contributed by atoms with Crippen molar-refractivity contribution < 1.29 is 4.79 Å². The molecule has 0 N–H and O–H groups in total. The molecule has 0 bridgehead atoms. The lowest BCUT2D eigenvalue weighted by molar-refractivity contribution is -0.122. The molecule has 1 nitrogen and oxygen atoms in total. The number of benzene rings is 2. The molecule has 0 fully saturated rings. The average Bonchev–Trinajstić information content (AvgIpc) is 2.50. The minimum Gasteiger partial charge on any atom is -0.298 e. The summed E-state index contributed by atoms with van der Waals surface area (Å²) in [5.74, 6) is 0.285. The van der Waals surface area contributed by atoms with E-state index in [4.69, 9.17) is 0 Å².